The van der Waals surface area contributed by atoms with Crippen molar-refractivity contribution in [3.63, 3.8) is 0 Å². The van der Waals surface area contributed by atoms with Crippen LogP contribution < -0.4 is 25.0 Å². The predicted molar refractivity (Wildman–Crippen MR) is 178 cm³/mol. The van der Waals surface area contributed by atoms with E-state index in [1.54, 1.807) is 45.3 Å². The highest BCUT2D eigenvalue weighted by molar-refractivity contribution is 7.92. The first kappa shape index (κ1) is 32.8. The van der Waals surface area contributed by atoms with Crippen LogP contribution in [0.25, 0.3) is 10.9 Å². The van der Waals surface area contributed by atoms with Crippen LogP contribution in [0.4, 0.5) is 17.6 Å². The van der Waals surface area contributed by atoms with Crippen molar-refractivity contribution in [1.82, 2.24) is 35.5 Å². The topological polar surface area (TPSA) is 169 Å². The summed E-state index contributed by atoms with van der Waals surface area (Å²) in [5.41, 5.74) is 2.44. The zero-order chi connectivity index (χ0) is 33.2. The molecule has 5 heterocycles. The normalized spacial score (nSPS) is 18.0. The average molecular weight is 666 g/mol. The number of nitrogens with zero attached hydrogens (tertiary/aromatic N) is 6. The van der Waals surface area contributed by atoms with Gasteiger partial charge in [0.25, 0.3) is 0 Å². The van der Waals surface area contributed by atoms with Gasteiger partial charge < -0.3 is 29.7 Å². The van der Waals surface area contributed by atoms with Crippen LogP contribution in [0.15, 0.2) is 35.7 Å². The molecule has 47 heavy (non-hydrogen) atoms. The largest absolute Gasteiger partial charge is 0.492 e. The number of rotatable bonds is 10. The van der Waals surface area contributed by atoms with Crippen LogP contribution in [0, 0.1) is 19.8 Å². The van der Waals surface area contributed by atoms with Gasteiger partial charge in [0.05, 0.1) is 35.9 Å². The number of sulfone groups is 1. The van der Waals surface area contributed by atoms with Gasteiger partial charge in [0, 0.05) is 48.9 Å². The summed E-state index contributed by atoms with van der Waals surface area (Å²) >= 11 is 0. The number of morpholine rings is 1. The minimum Gasteiger partial charge on any atom is -0.492 e. The Bertz CT molecular complexity index is 1790. The third-order valence-electron chi connectivity index (χ3n) is 8.71. The quantitative estimate of drug-likeness (QED) is 0.224. The maximum Gasteiger partial charge on any atom is 0.225 e. The second-order valence-corrected chi connectivity index (χ2v) is 15.7. The van der Waals surface area contributed by atoms with E-state index in [1.165, 1.54) is 6.33 Å². The van der Waals surface area contributed by atoms with Gasteiger partial charge >= 0.3 is 0 Å². The summed E-state index contributed by atoms with van der Waals surface area (Å²) < 4.78 is 44.5. The molecule has 0 aliphatic carbocycles. The first-order chi connectivity index (χ1) is 22.5. The molecule has 3 aromatic heterocycles. The molecule has 6 rings (SSSR count). The maximum absolute atomic E-state index is 13.8. The molecular formula is C32H43N9O5S. The molecule has 0 saturated carbocycles. The van der Waals surface area contributed by atoms with Gasteiger partial charge in [-0.1, -0.05) is 0 Å². The smallest absolute Gasteiger partial charge is 0.225 e. The van der Waals surface area contributed by atoms with Crippen molar-refractivity contribution in [2.45, 2.75) is 63.2 Å². The minimum atomic E-state index is -3.78. The van der Waals surface area contributed by atoms with Crippen molar-refractivity contribution in [1.29, 1.82) is 0 Å². The Labute approximate surface area is 275 Å². The zero-order valence-electron chi connectivity index (χ0n) is 27.5. The van der Waals surface area contributed by atoms with Crippen molar-refractivity contribution in [2.24, 2.45) is 5.92 Å². The monoisotopic (exact) mass is 665 g/mol. The van der Waals surface area contributed by atoms with Crippen molar-refractivity contribution in [3.8, 4) is 11.5 Å². The first-order valence-corrected chi connectivity index (χ1v) is 17.4. The summed E-state index contributed by atoms with van der Waals surface area (Å²) in [6.45, 7) is 13.6. The van der Waals surface area contributed by atoms with Crippen LogP contribution in [0.3, 0.4) is 0 Å². The van der Waals surface area contributed by atoms with Gasteiger partial charge in [-0.05, 0) is 59.4 Å². The third-order valence-corrected chi connectivity index (χ3v) is 11.2. The van der Waals surface area contributed by atoms with E-state index in [-0.39, 0.29) is 16.9 Å². The molecule has 0 amide bonds. The molecule has 4 aromatic rings. The lowest BCUT2D eigenvalue weighted by Crippen LogP contribution is -2.41. The number of aromatic amines is 1. The van der Waals surface area contributed by atoms with E-state index < -0.39 is 14.6 Å². The molecule has 2 fully saturated rings. The molecule has 15 heteroatoms. The van der Waals surface area contributed by atoms with Crippen LogP contribution in [-0.4, -0.2) is 95.4 Å². The summed E-state index contributed by atoms with van der Waals surface area (Å²) in [5.74, 6) is 2.87. The van der Waals surface area contributed by atoms with Crippen molar-refractivity contribution in [3.05, 3.63) is 42.1 Å². The van der Waals surface area contributed by atoms with Crippen molar-refractivity contribution in [2.75, 3.05) is 56.2 Å². The summed E-state index contributed by atoms with van der Waals surface area (Å²) in [6.07, 6.45) is 6.56. The second-order valence-electron chi connectivity index (χ2n) is 13.1. The van der Waals surface area contributed by atoms with E-state index in [0.29, 0.717) is 59.8 Å². The molecule has 0 unspecified atom stereocenters. The molecule has 1 atom stereocenters. The van der Waals surface area contributed by atoms with Gasteiger partial charge in [0.15, 0.2) is 21.4 Å². The molecule has 14 nitrogen and oxygen atoms in total. The van der Waals surface area contributed by atoms with Crippen LogP contribution in [0.2, 0.25) is 0 Å². The van der Waals surface area contributed by atoms with Crippen LogP contribution in [0.5, 0.6) is 11.5 Å². The summed E-state index contributed by atoms with van der Waals surface area (Å²) in [6, 6.07) is 3.32. The molecular weight excluding hydrogens is 622 g/mol. The van der Waals surface area contributed by atoms with E-state index in [0.717, 1.165) is 50.3 Å². The minimum absolute atomic E-state index is 0.0211. The van der Waals surface area contributed by atoms with E-state index in [2.05, 4.69) is 45.7 Å². The molecule has 2 aliphatic rings. The van der Waals surface area contributed by atoms with Gasteiger partial charge in [-0.15, -0.1) is 0 Å². The van der Waals surface area contributed by atoms with Crippen LogP contribution in [-0.2, 0) is 14.6 Å². The zero-order valence-corrected chi connectivity index (χ0v) is 28.4. The highest BCUT2D eigenvalue weighted by Gasteiger charge is 2.35. The number of H-pyrrole nitrogens is 1. The van der Waals surface area contributed by atoms with Gasteiger partial charge in [-0.2, -0.15) is 5.10 Å². The molecule has 2 saturated heterocycles. The maximum atomic E-state index is 13.8. The number of hydrogen-bond acceptors (Lipinski definition) is 13. The van der Waals surface area contributed by atoms with Gasteiger partial charge in [-0.3, -0.25) is 5.10 Å². The second kappa shape index (κ2) is 13.6. The Morgan fingerprint density at radius 2 is 1.79 bits per heavy atom. The fraction of sp³-hybridized carbons (Fsp3) is 0.531. The summed E-state index contributed by atoms with van der Waals surface area (Å²) in [5, 5.41) is 14.4. The molecule has 2 aliphatic heterocycles. The first-order valence-electron chi connectivity index (χ1n) is 16.0. The third kappa shape index (κ3) is 7.26. The molecule has 252 valence electrons. The van der Waals surface area contributed by atoms with E-state index in [1.807, 2.05) is 13.8 Å². The van der Waals surface area contributed by atoms with E-state index in [4.69, 9.17) is 14.2 Å². The lowest BCUT2D eigenvalue weighted by atomic mass is 9.98. The van der Waals surface area contributed by atoms with Gasteiger partial charge in [-0.25, -0.2) is 28.4 Å². The van der Waals surface area contributed by atoms with E-state index >= 15 is 0 Å². The van der Waals surface area contributed by atoms with Crippen molar-refractivity contribution >= 4 is 38.3 Å². The van der Waals surface area contributed by atoms with Gasteiger partial charge in [0.2, 0.25) is 5.95 Å². The van der Waals surface area contributed by atoms with Gasteiger partial charge in [0.1, 0.15) is 35.5 Å². The molecule has 3 N–H and O–H groups in total. The van der Waals surface area contributed by atoms with Crippen LogP contribution >= 0.6 is 0 Å². The molecule has 0 bridgehead atoms. The number of fused-ring (bicyclic) bond motifs is 1. The SMILES string of the molecule is Cc1[nH]nc(Nc2ncnc3cc(OCC4CCN(c5ncc(OC[C@H]6CNCCO6)cn5)CC4)c(S(=O)(=O)C(C)(C)C)cc23)c1C. The fourth-order valence-electron chi connectivity index (χ4n) is 5.51. The molecule has 0 radical (unpaired) electrons. The standard InChI is InChI=1S/C32H43N9O5S/c1-20-21(2)39-40-29(20)38-30-25-12-28(47(42,43)32(3,4)5)27(13-26(25)36-19-37-30)46-17-22-6-9-41(10-7-22)31-34-15-23(16-35-31)45-18-24-14-33-8-11-44-24/h12-13,15-16,19,22,24,33H,6-11,14,17-18H2,1-5H3,(H2,36,37,38,39,40)/t24-/m1/s1. The predicted octanol–water partition coefficient (Wildman–Crippen LogP) is 3.74. The Kier molecular flexibility index (Phi) is 9.48. The molecule has 0 spiro atoms. The Hall–Kier alpha value is -4.08. The Balaban J connectivity index is 1.13. The molecule has 1 aromatic carbocycles. The Morgan fingerprint density at radius 1 is 1.02 bits per heavy atom. The average Bonchev–Trinajstić information content (AvgIpc) is 3.39. The Morgan fingerprint density at radius 3 is 2.45 bits per heavy atom. The highest BCUT2D eigenvalue weighted by atomic mass is 32.2. The summed E-state index contributed by atoms with van der Waals surface area (Å²) in [4.78, 5) is 20.2. The lowest BCUT2D eigenvalue weighted by molar-refractivity contribution is 0.0000540. The van der Waals surface area contributed by atoms with Crippen molar-refractivity contribution < 1.29 is 22.6 Å². The highest BCUT2D eigenvalue weighted by Crippen LogP contribution is 2.38. The number of aryl methyl sites for hydroxylation is 1. The number of anilines is 3. The number of aromatic nitrogens is 6. The number of nitrogens with one attached hydrogen (secondary N) is 3. The lowest BCUT2D eigenvalue weighted by Gasteiger charge is -2.32. The fourth-order valence-corrected chi connectivity index (χ4v) is 6.82. The summed E-state index contributed by atoms with van der Waals surface area (Å²) in [7, 11) is -3.78. The number of ether oxygens (including phenoxy) is 3. The number of hydrogen-bond donors (Lipinski definition) is 3. The van der Waals surface area contributed by atoms with E-state index in [9.17, 15) is 8.42 Å². The number of piperidine rings is 1. The van der Waals surface area contributed by atoms with Crippen LogP contribution in [0.1, 0.15) is 44.9 Å². The number of benzene rings is 1.